The number of fused-ring (bicyclic) bond motifs is 2. The lowest BCUT2D eigenvalue weighted by Gasteiger charge is -2.17. The van der Waals surface area contributed by atoms with Gasteiger partial charge in [-0.05, 0) is 73.8 Å². The van der Waals surface area contributed by atoms with E-state index in [9.17, 15) is 9.18 Å². The number of amides is 1. The number of likely N-dealkylation sites (tertiary alicyclic amines) is 1. The van der Waals surface area contributed by atoms with Gasteiger partial charge in [0.1, 0.15) is 18.0 Å². The second kappa shape index (κ2) is 10.3. The minimum absolute atomic E-state index is 0.212. The first-order valence-corrected chi connectivity index (χ1v) is 13.0. The zero-order valence-electron chi connectivity index (χ0n) is 21.9. The van der Waals surface area contributed by atoms with Crippen molar-refractivity contribution < 1.29 is 9.18 Å². The maximum absolute atomic E-state index is 14.6. The standard InChI is InChI=1S/C31H29FN6O/c1-37-16-5-6-22(37)11-14-28(39)35-26-13-12-25-30(29(26)21-10-9-20-15-17-38(2)27(20)18-21)31(34-19-33-25)36-24-8-4-3-7-23(24)32/h3-4,7-15,17-19,22H,5-6,16H2,1-2H3,(H,35,39)(H,33,34,36). The molecular weight excluding hydrogens is 491 g/mol. The summed E-state index contributed by atoms with van der Waals surface area (Å²) in [7, 11) is 4.07. The van der Waals surface area contributed by atoms with E-state index in [0.717, 1.165) is 41.4 Å². The van der Waals surface area contributed by atoms with Crippen molar-refractivity contribution in [2.75, 3.05) is 24.2 Å². The van der Waals surface area contributed by atoms with E-state index in [4.69, 9.17) is 0 Å². The average molecular weight is 521 g/mol. The Morgan fingerprint density at radius 1 is 1.05 bits per heavy atom. The smallest absolute Gasteiger partial charge is 0.248 e. The largest absolute Gasteiger partial charge is 0.351 e. The summed E-state index contributed by atoms with van der Waals surface area (Å²) >= 11 is 0. The van der Waals surface area contributed by atoms with Gasteiger partial charge in [0.15, 0.2) is 0 Å². The van der Waals surface area contributed by atoms with Gasteiger partial charge in [0.05, 0.1) is 16.6 Å². The van der Waals surface area contributed by atoms with Crippen LogP contribution in [-0.2, 0) is 11.8 Å². The molecule has 1 aliphatic heterocycles. The summed E-state index contributed by atoms with van der Waals surface area (Å²) in [5, 5.41) is 8.04. The minimum Gasteiger partial charge on any atom is -0.351 e. The Balaban J connectivity index is 1.49. The van der Waals surface area contributed by atoms with Crippen molar-refractivity contribution >= 4 is 44.9 Å². The molecule has 2 aromatic heterocycles. The van der Waals surface area contributed by atoms with Crippen LogP contribution in [0.25, 0.3) is 32.9 Å². The fourth-order valence-corrected chi connectivity index (χ4v) is 5.31. The van der Waals surface area contributed by atoms with E-state index < -0.39 is 0 Å². The molecule has 7 nitrogen and oxygen atoms in total. The number of benzene rings is 3. The van der Waals surface area contributed by atoms with E-state index in [1.165, 1.54) is 12.4 Å². The van der Waals surface area contributed by atoms with Crippen LogP contribution < -0.4 is 10.6 Å². The molecule has 0 radical (unpaired) electrons. The molecule has 0 saturated carbocycles. The molecule has 1 atom stereocenters. The van der Waals surface area contributed by atoms with Gasteiger partial charge in [0.2, 0.25) is 5.91 Å². The Morgan fingerprint density at radius 2 is 1.92 bits per heavy atom. The predicted octanol–water partition coefficient (Wildman–Crippen LogP) is 6.26. The summed E-state index contributed by atoms with van der Waals surface area (Å²) in [6.45, 7) is 1.03. The van der Waals surface area contributed by atoms with Gasteiger partial charge >= 0.3 is 0 Å². The Morgan fingerprint density at radius 3 is 2.74 bits per heavy atom. The fraction of sp³-hybridized carbons (Fsp3) is 0.194. The van der Waals surface area contributed by atoms with Gasteiger partial charge in [0.25, 0.3) is 0 Å². The quantitative estimate of drug-likeness (QED) is 0.259. The second-order valence-corrected chi connectivity index (χ2v) is 9.95. The van der Waals surface area contributed by atoms with Crippen LogP contribution in [-0.4, -0.2) is 45.0 Å². The second-order valence-electron chi connectivity index (χ2n) is 9.95. The number of carbonyl (C=O) groups is 1. The first-order chi connectivity index (χ1) is 19.0. The molecule has 2 N–H and O–H groups in total. The molecule has 3 aromatic carbocycles. The van der Waals surface area contributed by atoms with Crippen LogP contribution in [0.4, 0.5) is 21.6 Å². The number of carbonyl (C=O) groups excluding carboxylic acids is 1. The average Bonchev–Trinajstić information content (AvgIpc) is 3.53. The van der Waals surface area contributed by atoms with Gasteiger partial charge in [-0.1, -0.05) is 30.3 Å². The summed E-state index contributed by atoms with van der Waals surface area (Å²) in [5.74, 6) is -0.148. The van der Waals surface area contributed by atoms with Gasteiger partial charge < -0.3 is 15.2 Å². The van der Waals surface area contributed by atoms with E-state index in [1.54, 1.807) is 24.3 Å². The van der Waals surface area contributed by atoms with Crippen LogP contribution >= 0.6 is 0 Å². The lowest BCUT2D eigenvalue weighted by atomic mass is 9.97. The zero-order valence-corrected chi connectivity index (χ0v) is 21.9. The van der Waals surface area contributed by atoms with E-state index in [1.807, 2.05) is 37.5 Å². The Hall–Kier alpha value is -4.56. The number of halogens is 1. The molecule has 0 bridgehead atoms. The van der Waals surface area contributed by atoms with Crippen molar-refractivity contribution in [1.82, 2.24) is 19.4 Å². The number of para-hydroxylation sites is 1. The molecule has 1 saturated heterocycles. The molecule has 6 rings (SSSR count). The molecule has 196 valence electrons. The number of rotatable bonds is 6. The van der Waals surface area contributed by atoms with Crippen LogP contribution in [0, 0.1) is 5.82 Å². The molecule has 8 heteroatoms. The van der Waals surface area contributed by atoms with Crippen molar-refractivity contribution in [3.63, 3.8) is 0 Å². The normalized spacial score (nSPS) is 15.9. The van der Waals surface area contributed by atoms with Crippen LogP contribution in [0.3, 0.4) is 0 Å². The van der Waals surface area contributed by atoms with Gasteiger partial charge in [-0.15, -0.1) is 0 Å². The van der Waals surface area contributed by atoms with Crippen LogP contribution in [0.2, 0.25) is 0 Å². The van der Waals surface area contributed by atoms with E-state index >= 15 is 0 Å². The first kappa shape index (κ1) is 24.8. The van der Waals surface area contributed by atoms with E-state index in [-0.39, 0.29) is 17.8 Å². The van der Waals surface area contributed by atoms with Crippen molar-refractivity contribution in [3.05, 3.63) is 91.2 Å². The number of anilines is 3. The molecule has 3 heterocycles. The van der Waals surface area contributed by atoms with Crippen molar-refractivity contribution in [3.8, 4) is 11.1 Å². The molecule has 1 fully saturated rings. The summed E-state index contributed by atoms with van der Waals surface area (Å²) in [5.41, 5.74) is 4.29. The third-order valence-electron chi connectivity index (χ3n) is 7.41. The number of aryl methyl sites for hydroxylation is 1. The van der Waals surface area contributed by atoms with Gasteiger partial charge in [-0.25, -0.2) is 14.4 Å². The Bertz CT molecular complexity index is 1730. The first-order valence-electron chi connectivity index (χ1n) is 13.0. The van der Waals surface area contributed by atoms with Crippen LogP contribution in [0.1, 0.15) is 12.8 Å². The van der Waals surface area contributed by atoms with Crippen LogP contribution in [0.15, 0.2) is 85.3 Å². The van der Waals surface area contributed by atoms with Crippen molar-refractivity contribution in [1.29, 1.82) is 0 Å². The molecule has 5 aromatic rings. The number of hydrogen-bond donors (Lipinski definition) is 2. The Labute approximate surface area is 226 Å². The third kappa shape index (κ3) is 4.86. The molecule has 0 spiro atoms. The molecule has 0 aliphatic carbocycles. The molecular formula is C31H29FN6O. The summed E-state index contributed by atoms with van der Waals surface area (Å²) in [6, 6.07) is 18.7. The number of hydrogen-bond acceptors (Lipinski definition) is 5. The highest BCUT2D eigenvalue weighted by atomic mass is 19.1. The highest BCUT2D eigenvalue weighted by Gasteiger charge is 2.20. The maximum atomic E-state index is 14.6. The maximum Gasteiger partial charge on any atom is 0.248 e. The van der Waals surface area contributed by atoms with Gasteiger partial charge in [0, 0.05) is 42.1 Å². The van der Waals surface area contributed by atoms with Gasteiger partial charge in [-0.3, -0.25) is 9.69 Å². The number of aromatic nitrogens is 3. The lowest BCUT2D eigenvalue weighted by molar-refractivity contribution is -0.111. The van der Waals surface area contributed by atoms with Gasteiger partial charge in [-0.2, -0.15) is 0 Å². The molecule has 1 aliphatic rings. The fourth-order valence-electron chi connectivity index (χ4n) is 5.31. The number of nitrogens with one attached hydrogen (secondary N) is 2. The molecule has 1 amide bonds. The minimum atomic E-state index is -0.387. The van der Waals surface area contributed by atoms with Crippen LogP contribution in [0.5, 0.6) is 0 Å². The summed E-state index contributed by atoms with van der Waals surface area (Å²) < 4.78 is 16.7. The SMILES string of the molecule is CN1CCCC1C=CC(=O)Nc1ccc2ncnc(Nc3ccccc3F)c2c1-c1ccc2ccn(C)c2c1. The lowest BCUT2D eigenvalue weighted by Crippen LogP contribution is -2.23. The highest BCUT2D eigenvalue weighted by molar-refractivity contribution is 6.12. The van der Waals surface area contributed by atoms with E-state index in [0.29, 0.717) is 28.1 Å². The predicted molar refractivity (Wildman–Crippen MR) is 155 cm³/mol. The molecule has 39 heavy (non-hydrogen) atoms. The highest BCUT2D eigenvalue weighted by Crippen LogP contribution is 2.40. The zero-order chi connectivity index (χ0) is 26.9. The third-order valence-corrected chi connectivity index (χ3v) is 7.41. The van der Waals surface area contributed by atoms with E-state index in [2.05, 4.69) is 55.3 Å². The van der Waals surface area contributed by atoms with Crippen molar-refractivity contribution in [2.24, 2.45) is 7.05 Å². The monoisotopic (exact) mass is 520 g/mol. The number of nitrogens with zero attached hydrogens (tertiary/aromatic N) is 4. The summed E-state index contributed by atoms with van der Waals surface area (Å²) in [6.07, 6.45) is 9.21. The van der Waals surface area contributed by atoms with Crippen molar-refractivity contribution in [2.45, 2.75) is 18.9 Å². The Kier molecular flexibility index (Phi) is 6.54. The molecule has 1 unspecified atom stereocenters. The number of likely N-dealkylation sites (N-methyl/N-ethyl adjacent to an activating group) is 1. The topological polar surface area (TPSA) is 75.1 Å². The summed E-state index contributed by atoms with van der Waals surface area (Å²) in [4.78, 5) is 24.4.